The van der Waals surface area contributed by atoms with Gasteiger partial charge in [-0.1, -0.05) is 257 Å². The molecular formula is C53H103NO5. The van der Waals surface area contributed by atoms with Gasteiger partial charge in [0.05, 0.1) is 25.4 Å². The molecule has 0 radical (unpaired) electrons. The van der Waals surface area contributed by atoms with Crippen LogP contribution in [0, 0.1) is 0 Å². The standard InChI is InChI=1S/C53H103NO5/c1-3-5-7-9-11-13-15-17-19-21-23-27-31-35-39-43-47-53(58)59-48-44-40-36-32-28-24-26-30-34-38-42-46-52(57)54-50(49-55)51(56)45-41-37-33-29-25-22-20-18-16-14-12-10-8-6-4-2/h41,45,50-51,55-56H,3-40,42-44,46-49H2,1-2H3,(H,54,57)/b45-41+. The van der Waals surface area contributed by atoms with Gasteiger partial charge in [0.15, 0.2) is 0 Å². The highest BCUT2D eigenvalue weighted by molar-refractivity contribution is 5.76. The van der Waals surface area contributed by atoms with Gasteiger partial charge in [-0.15, -0.1) is 0 Å². The van der Waals surface area contributed by atoms with E-state index in [4.69, 9.17) is 4.74 Å². The Morgan fingerprint density at radius 2 is 0.780 bits per heavy atom. The summed E-state index contributed by atoms with van der Waals surface area (Å²) in [6.45, 7) is 4.87. The van der Waals surface area contributed by atoms with Gasteiger partial charge in [-0.2, -0.15) is 0 Å². The molecule has 0 spiro atoms. The smallest absolute Gasteiger partial charge is 0.305 e. The van der Waals surface area contributed by atoms with Crippen molar-refractivity contribution in [1.29, 1.82) is 0 Å². The summed E-state index contributed by atoms with van der Waals surface area (Å²) in [5.74, 6) is -0.0968. The second kappa shape index (κ2) is 49.3. The number of nitrogens with one attached hydrogen (secondary N) is 1. The quantitative estimate of drug-likeness (QED) is 0.0322. The van der Waals surface area contributed by atoms with E-state index in [9.17, 15) is 19.8 Å². The summed E-state index contributed by atoms with van der Waals surface area (Å²) in [4.78, 5) is 24.5. The third kappa shape index (κ3) is 45.9. The summed E-state index contributed by atoms with van der Waals surface area (Å²) < 4.78 is 5.47. The summed E-state index contributed by atoms with van der Waals surface area (Å²) in [7, 11) is 0. The monoisotopic (exact) mass is 834 g/mol. The topological polar surface area (TPSA) is 95.9 Å². The number of esters is 1. The zero-order chi connectivity index (χ0) is 43.0. The van der Waals surface area contributed by atoms with Crippen LogP contribution in [-0.2, 0) is 14.3 Å². The maximum Gasteiger partial charge on any atom is 0.305 e. The molecule has 0 aliphatic carbocycles. The Hall–Kier alpha value is -1.40. The van der Waals surface area contributed by atoms with Crippen molar-refractivity contribution in [3.05, 3.63) is 12.2 Å². The lowest BCUT2D eigenvalue weighted by Gasteiger charge is -2.20. The van der Waals surface area contributed by atoms with Crippen LogP contribution in [0.1, 0.15) is 290 Å². The fourth-order valence-corrected chi connectivity index (χ4v) is 8.22. The Labute approximate surface area is 368 Å². The number of aliphatic hydroxyl groups is 2. The first-order chi connectivity index (χ1) is 29.0. The molecule has 0 rings (SSSR count). The number of rotatable bonds is 49. The normalized spacial score (nSPS) is 12.7. The molecule has 6 nitrogen and oxygen atoms in total. The number of unbranched alkanes of at least 4 members (excludes halogenated alkanes) is 38. The molecule has 6 heteroatoms. The Balaban J connectivity index is 3.48. The van der Waals surface area contributed by atoms with E-state index in [1.54, 1.807) is 6.08 Å². The highest BCUT2D eigenvalue weighted by Crippen LogP contribution is 2.16. The molecule has 0 aromatic carbocycles. The van der Waals surface area contributed by atoms with Crippen LogP contribution >= 0.6 is 0 Å². The molecule has 59 heavy (non-hydrogen) atoms. The molecule has 0 aliphatic heterocycles. The number of carbonyl (C=O) groups is 2. The molecule has 0 fully saturated rings. The number of ether oxygens (including phenoxy) is 1. The van der Waals surface area contributed by atoms with Crippen LogP contribution in [0.25, 0.3) is 0 Å². The maximum atomic E-state index is 12.4. The molecule has 0 bridgehead atoms. The molecule has 0 saturated carbocycles. The lowest BCUT2D eigenvalue weighted by atomic mass is 10.0. The van der Waals surface area contributed by atoms with Crippen LogP contribution in [-0.4, -0.2) is 47.4 Å². The first-order valence-electron chi connectivity index (χ1n) is 26.5. The summed E-state index contributed by atoms with van der Waals surface area (Å²) in [5.41, 5.74) is 0. The van der Waals surface area contributed by atoms with Crippen molar-refractivity contribution in [2.24, 2.45) is 0 Å². The van der Waals surface area contributed by atoms with Gasteiger partial charge in [0, 0.05) is 12.8 Å². The lowest BCUT2D eigenvalue weighted by Crippen LogP contribution is -2.45. The minimum Gasteiger partial charge on any atom is -0.466 e. The SMILES string of the molecule is CCCCCCCCCCCCCCC/C=C/C(O)C(CO)NC(=O)CCCCCCCCCCCCCOC(=O)CCCCCCCCCCCCCCCCCC. The van der Waals surface area contributed by atoms with Gasteiger partial charge in [0.25, 0.3) is 0 Å². The van der Waals surface area contributed by atoms with E-state index >= 15 is 0 Å². The van der Waals surface area contributed by atoms with Gasteiger partial charge in [-0.25, -0.2) is 0 Å². The van der Waals surface area contributed by atoms with Crippen LogP contribution in [0.5, 0.6) is 0 Å². The molecule has 1 amide bonds. The van der Waals surface area contributed by atoms with Crippen LogP contribution in [0.15, 0.2) is 12.2 Å². The van der Waals surface area contributed by atoms with Gasteiger partial charge >= 0.3 is 5.97 Å². The molecule has 0 saturated heterocycles. The average molecular weight is 834 g/mol. The fraction of sp³-hybridized carbons (Fsp3) is 0.925. The average Bonchev–Trinajstić information content (AvgIpc) is 3.24. The molecule has 3 N–H and O–H groups in total. The maximum absolute atomic E-state index is 12.4. The highest BCUT2D eigenvalue weighted by Gasteiger charge is 2.18. The molecule has 0 aliphatic rings. The van der Waals surface area contributed by atoms with E-state index in [0.29, 0.717) is 19.4 Å². The predicted octanol–water partition coefficient (Wildman–Crippen LogP) is 15.7. The number of aliphatic hydroxyl groups excluding tert-OH is 2. The van der Waals surface area contributed by atoms with Gasteiger partial charge in [0.2, 0.25) is 5.91 Å². The summed E-state index contributed by atoms with van der Waals surface area (Å²) >= 11 is 0. The van der Waals surface area contributed by atoms with Gasteiger partial charge in [-0.05, 0) is 32.1 Å². The van der Waals surface area contributed by atoms with Gasteiger partial charge < -0.3 is 20.3 Å². The minimum absolute atomic E-state index is 0.0117. The summed E-state index contributed by atoms with van der Waals surface area (Å²) in [6.07, 6.45) is 56.4. The zero-order valence-electron chi connectivity index (χ0n) is 39.7. The van der Waals surface area contributed by atoms with Crippen LogP contribution < -0.4 is 5.32 Å². The number of hydrogen-bond donors (Lipinski definition) is 3. The first-order valence-corrected chi connectivity index (χ1v) is 26.5. The second-order valence-corrected chi connectivity index (χ2v) is 18.2. The first kappa shape index (κ1) is 57.6. The van der Waals surface area contributed by atoms with Crippen molar-refractivity contribution in [3.8, 4) is 0 Å². The summed E-state index contributed by atoms with van der Waals surface area (Å²) in [6, 6.07) is -0.640. The van der Waals surface area contributed by atoms with Crippen LogP contribution in [0.3, 0.4) is 0 Å². The van der Waals surface area contributed by atoms with E-state index in [-0.39, 0.29) is 18.5 Å². The molecule has 0 heterocycles. The number of allylic oxidation sites excluding steroid dienone is 1. The Bertz CT molecular complexity index is 878. The van der Waals surface area contributed by atoms with E-state index in [2.05, 4.69) is 19.2 Å². The Morgan fingerprint density at radius 3 is 1.15 bits per heavy atom. The molecule has 2 unspecified atom stereocenters. The van der Waals surface area contributed by atoms with Crippen molar-refractivity contribution in [2.45, 2.75) is 302 Å². The van der Waals surface area contributed by atoms with Crippen molar-refractivity contribution < 1.29 is 24.5 Å². The zero-order valence-corrected chi connectivity index (χ0v) is 39.7. The molecule has 2 atom stereocenters. The molecule has 0 aromatic heterocycles. The van der Waals surface area contributed by atoms with Crippen LogP contribution in [0.2, 0.25) is 0 Å². The Kier molecular flexibility index (Phi) is 48.1. The summed E-state index contributed by atoms with van der Waals surface area (Å²) in [5, 5.41) is 23.1. The Morgan fingerprint density at radius 1 is 0.458 bits per heavy atom. The number of amides is 1. The third-order valence-corrected chi connectivity index (χ3v) is 12.3. The van der Waals surface area contributed by atoms with E-state index in [1.807, 2.05) is 6.08 Å². The highest BCUT2D eigenvalue weighted by atomic mass is 16.5. The molecule has 0 aromatic rings. The van der Waals surface area contributed by atoms with Crippen molar-refractivity contribution >= 4 is 11.9 Å². The molecule has 350 valence electrons. The van der Waals surface area contributed by atoms with Gasteiger partial charge in [-0.3, -0.25) is 9.59 Å². The second-order valence-electron chi connectivity index (χ2n) is 18.2. The van der Waals surface area contributed by atoms with Crippen molar-refractivity contribution in [2.75, 3.05) is 13.2 Å². The van der Waals surface area contributed by atoms with E-state index < -0.39 is 12.1 Å². The van der Waals surface area contributed by atoms with Crippen molar-refractivity contribution in [3.63, 3.8) is 0 Å². The van der Waals surface area contributed by atoms with E-state index in [0.717, 1.165) is 57.8 Å². The lowest BCUT2D eigenvalue weighted by molar-refractivity contribution is -0.143. The largest absolute Gasteiger partial charge is 0.466 e. The third-order valence-electron chi connectivity index (χ3n) is 12.3. The fourth-order valence-electron chi connectivity index (χ4n) is 8.22. The minimum atomic E-state index is -0.855. The van der Waals surface area contributed by atoms with Crippen molar-refractivity contribution in [1.82, 2.24) is 5.32 Å². The van der Waals surface area contributed by atoms with Gasteiger partial charge in [0.1, 0.15) is 0 Å². The predicted molar refractivity (Wildman–Crippen MR) is 255 cm³/mol. The number of carbonyl (C=O) groups excluding carboxylic acids is 2. The van der Waals surface area contributed by atoms with E-state index in [1.165, 1.54) is 205 Å². The van der Waals surface area contributed by atoms with Crippen LogP contribution in [0.4, 0.5) is 0 Å². The number of hydrogen-bond acceptors (Lipinski definition) is 5. The molecular weight excluding hydrogens is 731 g/mol.